The first-order valence-electron chi connectivity index (χ1n) is 10.9. The molecule has 9 heteroatoms. The standard InChI is InChI=1S/C25H27ClN4O4/c1-28(15-22(31)21-5-4-10-29(21)2)13-18-11-19-23(32)20(14-30(3)25(19)34-18)24(33)27-12-16-6-8-17(26)9-7-16/h4-11,14,22,31H,12-13,15H2,1-3H3,(H,27,33). The van der Waals surface area contributed by atoms with Gasteiger partial charge in [-0.25, -0.2) is 0 Å². The Labute approximate surface area is 202 Å². The van der Waals surface area contributed by atoms with Gasteiger partial charge < -0.3 is 24.0 Å². The summed E-state index contributed by atoms with van der Waals surface area (Å²) in [5.74, 6) is 0.117. The number of rotatable bonds is 8. The van der Waals surface area contributed by atoms with E-state index in [0.717, 1.165) is 11.3 Å². The number of nitrogens with one attached hydrogen (secondary N) is 1. The molecule has 4 aromatic rings. The number of carbonyl (C=O) groups is 1. The fourth-order valence-electron chi connectivity index (χ4n) is 3.97. The van der Waals surface area contributed by atoms with Crippen molar-refractivity contribution in [3.63, 3.8) is 0 Å². The first kappa shape index (κ1) is 23.8. The Bertz CT molecular complexity index is 1370. The number of furan rings is 1. The molecule has 0 saturated heterocycles. The second-order valence-electron chi connectivity index (χ2n) is 8.48. The summed E-state index contributed by atoms with van der Waals surface area (Å²) in [5, 5.41) is 14.3. The number of fused-ring (bicyclic) bond motifs is 1. The molecular weight excluding hydrogens is 456 g/mol. The van der Waals surface area contributed by atoms with Crippen LogP contribution in [-0.2, 0) is 27.2 Å². The zero-order valence-corrected chi connectivity index (χ0v) is 20.0. The van der Waals surface area contributed by atoms with Crippen LogP contribution < -0.4 is 10.7 Å². The van der Waals surface area contributed by atoms with Gasteiger partial charge in [0.2, 0.25) is 11.1 Å². The molecule has 0 aliphatic rings. The van der Waals surface area contributed by atoms with Gasteiger partial charge >= 0.3 is 0 Å². The van der Waals surface area contributed by atoms with E-state index in [9.17, 15) is 14.7 Å². The van der Waals surface area contributed by atoms with E-state index in [1.165, 1.54) is 6.20 Å². The van der Waals surface area contributed by atoms with Crippen LogP contribution >= 0.6 is 11.6 Å². The number of halogens is 1. The molecule has 1 atom stereocenters. The highest BCUT2D eigenvalue weighted by atomic mass is 35.5. The quantitative estimate of drug-likeness (QED) is 0.402. The van der Waals surface area contributed by atoms with Crippen LogP contribution in [0.4, 0.5) is 0 Å². The SMILES string of the molecule is CN(Cc1cc2c(=O)c(C(=O)NCc3ccc(Cl)cc3)cn(C)c2o1)CC(O)c1cccn1C. The number of nitrogens with zero attached hydrogens (tertiary/aromatic N) is 3. The molecule has 1 amide bonds. The number of carbonyl (C=O) groups excluding carboxylic acids is 1. The van der Waals surface area contributed by atoms with Crippen molar-refractivity contribution in [1.29, 1.82) is 0 Å². The highest BCUT2D eigenvalue weighted by Gasteiger charge is 2.19. The first-order chi connectivity index (χ1) is 16.2. The molecule has 1 aromatic carbocycles. The van der Waals surface area contributed by atoms with Crippen molar-refractivity contribution in [2.24, 2.45) is 14.1 Å². The molecule has 3 aromatic heterocycles. The van der Waals surface area contributed by atoms with Crippen LogP contribution in [0.25, 0.3) is 11.1 Å². The molecular formula is C25H27ClN4O4. The van der Waals surface area contributed by atoms with Crippen molar-refractivity contribution < 1.29 is 14.3 Å². The summed E-state index contributed by atoms with van der Waals surface area (Å²) in [6, 6.07) is 12.6. The minimum absolute atomic E-state index is 0.0452. The van der Waals surface area contributed by atoms with Gasteiger partial charge in [0.1, 0.15) is 17.4 Å². The first-order valence-corrected chi connectivity index (χ1v) is 11.2. The molecule has 2 N–H and O–H groups in total. The second-order valence-corrected chi connectivity index (χ2v) is 8.92. The lowest BCUT2D eigenvalue weighted by Crippen LogP contribution is -2.29. The van der Waals surface area contributed by atoms with Crippen LogP contribution in [0.1, 0.15) is 33.5 Å². The van der Waals surface area contributed by atoms with E-state index in [1.807, 2.05) is 54.0 Å². The Morgan fingerprint density at radius 1 is 1.21 bits per heavy atom. The van der Waals surface area contributed by atoms with E-state index in [0.29, 0.717) is 35.0 Å². The maximum Gasteiger partial charge on any atom is 0.257 e. The molecule has 0 aliphatic carbocycles. The Balaban J connectivity index is 1.48. The average molecular weight is 483 g/mol. The number of aromatic nitrogens is 2. The number of aryl methyl sites for hydroxylation is 2. The van der Waals surface area contributed by atoms with E-state index in [2.05, 4.69) is 5.32 Å². The van der Waals surface area contributed by atoms with E-state index in [-0.39, 0.29) is 17.5 Å². The molecule has 1 unspecified atom stereocenters. The van der Waals surface area contributed by atoms with Gasteiger partial charge in [0.05, 0.1) is 11.9 Å². The van der Waals surface area contributed by atoms with Gasteiger partial charge in [-0.05, 0) is 42.9 Å². The molecule has 0 bridgehead atoms. The van der Waals surface area contributed by atoms with Crippen molar-refractivity contribution in [3.8, 4) is 0 Å². The van der Waals surface area contributed by atoms with Crippen molar-refractivity contribution in [3.05, 3.63) is 92.7 Å². The molecule has 0 fully saturated rings. The van der Waals surface area contributed by atoms with Gasteiger partial charge in [0.25, 0.3) is 5.91 Å². The fourth-order valence-corrected chi connectivity index (χ4v) is 4.10. The molecule has 0 radical (unpaired) electrons. The van der Waals surface area contributed by atoms with Gasteiger partial charge in [-0.1, -0.05) is 23.7 Å². The van der Waals surface area contributed by atoms with Gasteiger partial charge in [-0.15, -0.1) is 0 Å². The summed E-state index contributed by atoms with van der Waals surface area (Å²) >= 11 is 5.89. The average Bonchev–Trinajstić information content (AvgIpc) is 3.42. The van der Waals surface area contributed by atoms with E-state index < -0.39 is 12.0 Å². The van der Waals surface area contributed by atoms with Crippen LogP contribution in [0.5, 0.6) is 0 Å². The molecule has 0 aliphatic heterocycles. The van der Waals surface area contributed by atoms with E-state index in [1.54, 1.807) is 29.8 Å². The Kier molecular flexibility index (Phi) is 6.92. The minimum atomic E-state index is -0.656. The predicted molar refractivity (Wildman–Crippen MR) is 131 cm³/mol. The Morgan fingerprint density at radius 2 is 1.94 bits per heavy atom. The van der Waals surface area contributed by atoms with Crippen LogP contribution in [0.15, 0.2) is 64.1 Å². The summed E-state index contributed by atoms with van der Waals surface area (Å²) in [5.41, 5.74) is 1.75. The third kappa shape index (κ3) is 5.09. The van der Waals surface area contributed by atoms with Crippen LogP contribution in [0.2, 0.25) is 5.02 Å². The Hall–Kier alpha value is -3.33. The summed E-state index contributed by atoms with van der Waals surface area (Å²) in [6.07, 6.45) is 2.71. The van der Waals surface area contributed by atoms with Crippen LogP contribution in [0.3, 0.4) is 0 Å². The Morgan fingerprint density at radius 3 is 2.62 bits per heavy atom. The lowest BCUT2D eigenvalue weighted by Gasteiger charge is -2.20. The number of likely N-dealkylation sites (N-methyl/N-ethyl adjacent to an activating group) is 1. The van der Waals surface area contributed by atoms with Gasteiger partial charge in [-0.2, -0.15) is 0 Å². The topological polar surface area (TPSA) is 92.6 Å². The van der Waals surface area contributed by atoms with Crippen LogP contribution in [-0.4, -0.2) is 38.6 Å². The predicted octanol–water partition coefficient (Wildman–Crippen LogP) is 3.22. The van der Waals surface area contributed by atoms with Crippen molar-refractivity contribution in [2.75, 3.05) is 13.6 Å². The molecule has 3 heterocycles. The lowest BCUT2D eigenvalue weighted by atomic mass is 10.2. The summed E-state index contributed by atoms with van der Waals surface area (Å²) in [4.78, 5) is 27.7. The molecule has 0 spiro atoms. The monoisotopic (exact) mass is 482 g/mol. The third-order valence-corrected chi connectivity index (χ3v) is 5.99. The molecule has 178 valence electrons. The normalized spacial score (nSPS) is 12.4. The lowest BCUT2D eigenvalue weighted by molar-refractivity contribution is 0.0949. The van der Waals surface area contributed by atoms with Crippen molar-refractivity contribution in [1.82, 2.24) is 19.4 Å². The number of aliphatic hydroxyl groups excluding tert-OH is 1. The third-order valence-electron chi connectivity index (χ3n) is 5.74. The largest absolute Gasteiger partial charge is 0.443 e. The van der Waals surface area contributed by atoms with E-state index >= 15 is 0 Å². The molecule has 4 rings (SSSR count). The minimum Gasteiger partial charge on any atom is -0.443 e. The van der Waals surface area contributed by atoms with Crippen molar-refractivity contribution >= 4 is 28.6 Å². The number of amides is 1. The smallest absolute Gasteiger partial charge is 0.257 e. The zero-order valence-electron chi connectivity index (χ0n) is 19.3. The van der Waals surface area contributed by atoms with Crippen molar-refractivity contribution in [2.45, 2.75) is 19.2 Å². The molecule has 0 saturated carbocycles. The summed E-state index contributed by atoms with van der Waals surface area (Å²) in [7, 11) is 5.48. The van der Waals surface area contributed by atoms with E-state index in [4.69, 9.17) is 16.0 Å². The zero-order chi connectivity index (χ0) is 24.4. The number of aliphatic hydroxyl groups is 1. The fraction of sp³-hybridized carbons (Fsp3) is 0.280. The number of benzene rings is 1. The molecule has 34 heavy (non-hydrogen) atoms. The number of hydrogen-bond acceptors (Lipinski definition) is 5. The molecule has 8 nitrogen and oxygen atoms in total. The van der Waals surface area contributed by atoms with Gasteiger partial charge in [-0.3, -0.25) is 14.5 Å². The van der Waals surface area contributed by atoms with Crippen LogP contribution in [0, 0.1) is 0 Å². The number of pyridine rings is 1. The van der Waals surface area contributed by atoms with Gasteiger partial charge in [0.15, 0.2) is 0 Å². The second kappa shape index (κ2) is 9.89. The highest BCUT2D eigenvalue weighted by molar-refractivity contribution is 6.30. The maximum absolute atomic E-state index is 13.0. The number of hydrogen-bond donors (Lipinski definition) is 2. The summed E-state index contributed by atoms with van der Waals surface area (Å²) in [6.45, 7) is 1.07. The van der Waals surface area contributed by atoms with Gasteiger partial charge in [0, 0.05) is 50.3 Å². The maximum atomic E-state index is 13.0. The summed E-state index contributed by atoms with van der Waals surface area (Å²) < 4.78 is 9.42. The highest BCUT2D eigenvalue weighted by Crippen LogP contribution is 2.20.